The SMILES string of the molecule is COc1cc(/C=C/C(=O)OC2[C@H](O[C@H]3C(O)[C@H](O)C(COC(=O)/C=C/c4ccc(O)cc4)O[C@H]3Oc3cc4c(O[C@@H]5OC(CO)[C@@H](O)C(O)[C@@H]5O)cc(O)cc4[o+]c3-c3ccc(O)c(O)c3)OC[C@@H](O)[C@H]2O)cc(OC)c1O. The third kappa shape index (κ3) is 12.6. The fraction of sp³-hybridized carbons (Fsp3) is 0.365. The van der Waals surface area contributed by atoms with Crippen molar-refractivity contribution in [2.45, 2.75) is 86.0 Å². The Labute approximate surface area is 441 Å². The van der Waals surface area contributed by atoms with Crippen LogP contribution in [0.5, 0.6) is 51.7 Å². The lowest BCUT2D eigenvalue weighted by molar-refractivity contribution is -0.345. The molecule has 0 aliphatic carbocycles. The largest absolute Gasteiger partial charge is 0.508 e. The summed E-state index contributed by atoms with van der Waals surface area (Å²) in [4.78, 5) is 26.4. The van der Waals surface area contributed by atoms with Crippen LogP contribution in [0.3, 0.4) is 0 Å². The van der Waals surface area contributed by atoms with E-state index in [9.17, 15) is 76.0 Å². The Bertz CT molecular complexity index is 2960. The van der Waals surface area contributed by atoms with Gasteiger partial charge in [0.1, 0.15) is 84.2 Å². The first-order valence-corrected chi connectivity index (χ1v) is 23.7. The van der Waals surface area contributed by atoms with E-state index >= 15 is 0 Å². The van der Waals surface area contributed by atoms with Gasteiger partial charge in [-0.1, -0.05) is 12.1 Å². The Balaban J connectivity index is 1.16. The Hall–Kier alpha value is -7.57. The number of phenols is 5. The van der Waals surface area contributed by atoms with E-state index < -0.39 is 141 Å². The average Bonchev–Trinajstić information content (AvgIpc) is 3.46. The maximum Gasteiger partial charge on any atom is 0.402 e. The van der Waals surface area contributed by atoms with Gasteiger partial charge in [-0.3, -0.25) is 0 Å². The van der Waals surface area contributed by atoms with E-state index in [2.05, 4.69) is 0 Å². The Kier molecular flexibility index (Phi) is 17.7. The van der Waals surface area contributed by atoms with E-state index in [1.165, 1.54) is 74.9 Å². The Morgan fingerprint density at radius 2 is 1.27 bits per heavy atom. The first-order valence-electron chi connectivity index (χ1n) is 23.7. The number of benzene rings is 4. The number of esters is 2. The molecule has 26 heteroatoms. The second-order valence-corrected chi connectivity index (χ2v) is 17.9. The zero-order valence-electron chi connectivity index (χ0n) is 41.1. The smallest absolute Gasteiger partial charge is 0.402 e. The van der Waals surface area contributed by atoms with Gasteiger partial charge in [0, 0.05) is 30.4 Å². The summed E-state index contributed by atoms with van der Waals surface area (Å²) in [5, 5.41) is 139. The van der Waals surface area contributed by atoms with Gasteiger partial charge >= 0.3 is 23.3 Å². The third-order valence-electron chi connectivity index (χ3n) is 12.6. The molecule has 0 spiro atoms. The van der Waals surface area contributed by atoms with Gasteiger partial charge in [-0.2, -0.15) is 0 Å². The van der Waals surface area contributed by atoms with E-state index in [-0.39, 0.29) is 56.6 Å². The molecular formula is C52H55O26+. The van der Waals surface area contributed by atoms with Crippen molar-refractivity contribution < 1.29 is 128 Å². The third-order valence-corrected chi connectivity index (χ3v) is 12.6. The quantitative estimate of drug-likeness (QED) is 0.0257. The molecule has 3 fully saturated rings. The standard InChI is InChI=1S/C52H54O26/c1-68-33-13-23(14-34(69-2)41(33)62)6-12-39(60)77-48-40(61)30(58)20-71-51(48)78-49-45(66)43(64)37(21-70-38(59)11-5-22-3-8-25(54)9-4-22)76-52(49)74-35-18-27-31(72-47(35)24-7-10-28(56)29(57)15-24)16-26(55)17-32(27)73-50-46(67)44(65)42(63)36(19-53)75-50/h3-18,30,36-37,40,42-46,48-53,58,61,63-67H,19-21H2,1-2H3,(H4-,54,55,56,57,59,60,62)/p+1/t30-,36?,37?,40-,42-,43-,44?,45?,46+,48?,49+,50-,51+,52-/m1/s1. The van der Waals surface area contributed by atoms with Crippen molar-refractivity contribution in [1.29, 1.82) is 0 Å². The van der Waals surface area contributed by atoms with Crippen molar-refractivity contribution in [2.75, 3.05) is 34.0 Å². The number of fused-ring (bicyclic) bond motifs is 1. The van der Waals surface area contributed by atoms with Gasteiger partial charge in [0.25, 0.3) is 0 Å². The van der Waals surface area contributed by atoms with E-state index in [1.807, 2.05) is 0 Å². The minimum Gasteiger partial charge on any atom is -0.508 e. The topological polar surface area (TPSA) is 401 Å². The van der Waals surface area contributed by atoms with Crippen molar-refractivity contribution in [1.82, 2.24) is 0 Å². The molecule has 3 aliphatic rings. The molecule has 0 amide bonds. The van der Waals surface area contributed by atoms with Gasteiger partial charge in [0.15, 0.2) is 41.5 Å². The van der Waals surface area contributed by atoms with E-state index in [4.69, 9.17) is 51.8 Å². The zero-order valence-corrected chi connectivity index (χ0v) is 41.1. The summed E-state index contributed by atoms with van der Waals surface area (Å²) in [6.45, 7) is -2.22. The Morgan fingerprint density at radius 1 is 0.615 bits per heavy atom. The molecule has 26 nitrogen and oxygen atoms in total. The molecule has 3 aliphatic heterocycles. The van der Waals surface area contributed by atoms with Crippen LogP contribution in [-0.2, 0) is 38.0 Å². The summed E-state index contributed by atoms with van der Waals surface area (Å²) in [6.07, 6.45) is -21.5. The van der Waals surface area contributed by atoms with Gasteiger partial charge in [-0.25, -0.2) is 14.0 Å². The molecule has 1 aromatic heterocycles. The summed E-state index contributed by atoms with van der Waals surface area (Å²) < 4.78 is 63.5. The molecule has 13 N–H and O–H groups in total. The molecule has 0 saturated carbocycles. The van der Waals surface area contributed by atoms with Crippen molar-refractivity contribution in [3.63, 3.8) is 0 Å². The number of phenolic OH excluding ortho intramolecular Hbond substituents is 5. The molecule has 5 unspecified atom stereocenters. The molecule has 4 heterocycles. The van der Waals surface area contributed by atoms with E-state index in [0.717, 1.165) is 36.4 Å². The highest BCUT2D eigenvalue weighted by Crippen LogP contribution is 2.44. The van der Waals surface area contributed by atoms with Gasteiger partial charge in [0.05, 0.1) is 39.1 Å². The van der Waals surface area contributed by atoms with Crippen LogP contribution in [0.25, 0.3) is 34.4 Å². The molecule has 14 atom stereocenters. The molecule has 78 heavy (non-hydrogen) atoms. The van der Waals surface area contributed by atoms with Gasteiger partial charge in [-0.05, 0) is 59.7 Å². The van der Waals surface area contributed by atoms with Crippen LogP contribution in [0.4, 0.5) is 0 Å². The molecule has 4 aromatic carbocycles. The fourth-order valence-electron chi connectivity index (χ4n) is 8.39. The van der Waals surface area contributed by atoms with Crippen LogP contribution in [0.15, 0.2) is 89.4 Å². The summed E-state index contributed by atoms with van der Waals surface area (Å²) >= 11 is 0. The van der Waals surface area contributed by atoms with Gasteiger partial charge < -0.3 is 114 Å². The number of carbonyl (C=O) groups is 2. The van der Waals surface area contributed by atoms with E-state index in [1.54, 1.807) is 0 Å². The van der Waals surface area contributed by atoms with Crippen LogP contribution in [-0.4, -0.2) is 198 Å². The normalized spacial score (nSPS) is 28.3. The number of hydrogen-bond donors (Lipinski definition) is 13. The molecule has 418 valence electrons. The van der Waals surface area contributed by atoms with Gasteiger partial charge in [-0.15, -0.1) is 0 Å². The van der Waals surface area contributed by atoms with Crippen molar-refractivity contribution in [2.24, 2.45) is 0 Å². The van der Waals surface area contributed by atoms with Crippen molar-refractivity contribution in [3.05, 3.63) is 96.1 Å². The number of hydrogen-bond acceptors (Lipinski definition) is 25. The van der Waals surface area contributed by atoms with Crippen LogP contribution >= 0.6 is 0 Å². The number of aromatic hydroxyl groups is 5. The monoisotopic (exact) mass is 1100 g/mol. The molecule has 5 aromatic rings. The lowest BCUT2D eigenvalue weighted by Crippen LogP contribution is -2.64. The second kappa shape index (κ2) is 24.4. The molecule has 3 saturated heterocycles. The lowest BCUT2D eigenvalue weighted by Gasteiger charge is -2.45. The summed E-state index contributed by atoms with van der Waals surface area (Å²) in [5.41, 5.74) is 0.550. The van der Waals surface area contributed by atoms with Crippen molar-refractivity contribution in [3.8, 4) is 63.1 Å². The minimum atomic E-state index is -2.12. The number of rotatable bonds is 17. The molecular weight excluding hydrogens is 1040 g/mol. The summed E-state index contributed by atoms with van der Waals surface area (Å²) in [5.74, 6) is -5.22. The highest BCUT2D eigenvalue weighted by atomic mass is 16.8. The number of methoxy groups -OCH3 is 2. The predicted octanol–water partition coefficient (Wildman–Crippen LogP) is 0.275. The van der Waals surface area contributed by atoms with Gasteiger partial charge in [0.2, 0.25) is 24.1 Å². The summed E-state index contributed by atoms with van der Waals surface area (Å²) in [6, 6.07) is 15.3. The zero-order chi connectivity index (χ0) is 56.1. The minimum absolute atomic E-state index is 0.00280. The van der Waals surface area contributed by atoms with Crippen LogP contribution in [0.2, 0.25) is 0 Å². The molecule has 8 rings (SSSR count). The Morgan fingerprint density at radius 3 is 1.95 bits per heavy atom. The van der Waals surface area contributed by atoms with Crippen molar-refractivity contribution >= 4 is 35.1 Å². The van der Waals surface area contributed by atoms with Crippen LogP contribution in [0.1, 0.15) is 11.1 Å². The number of aliphatic hydroxyl groups excluding tert-OH is 8. The second-order valence-electron chi connectivity index (χ2n) is 17.9. The highest BCUT2D eigenvalue weighted by Gasteiger charge is 2.52. The maximum absolute atomic E-state index is 13.4. The maximum atomic E-state index is 13.4. The predicted molar refractivity (Wildman–Crippen MR) is 262 cm³/mol. The number of aliphatic hydroxyl groups is 8. The lowest BCUT2D eigenvalue weighted by atomic mass is 9.98. The average molecular weight is 1100 g/mol. The van der Waals surface area contributed by atoms with Crippen LogP contribution in [0, 0.1) is 0 Å². The summed E-state index contributed by atoms with van der Waals surface area (Å²) in [7, 11) is 2.58. The first-order chi connectivity index (χ1) is 37.3. The molecule has 0 radical (unpaired) electrons. The number of ether oxygens (including phenoxy) is 10. The van der Waals surface area contributed by atoms with Crippen LogP contribution < -0.4 is 18.9 Å². The highest BCUT2D eigenvalue weighted by molar-refractivity contribution is 5.90. The fourth-order valence-corrected chi connectivity index (χ4v) is 8.39. The van der Waals surface area contributed by atoms with E-state index in [0.29, 0.717) is 5.56 Å². The molecule has 0 bridgehead atoms. The first kappa shape index (κ1) is 56.6. The number of carbonyl (C=O) groups excluding carboxylic acids is 2.